The first-order valence-electron chi connectivity index (χ1n) is 23.2. The van der Waals surface area contributed by atoms with Gasteiger partial charge in [0.15, 0.2) is 5.75 Å². The van der Waals surface area contributed by atoms with Crippen LogP contribution in [0.15, 0.2) is 41.2 Å². The Hall–Kier alpha value is -5.12. The van der Waals surface area contributed by atoms with Crippen LogP contribution in [0.1, 0.15) is 134 Å². The third-order valence-corrected chi connectivity index (χ3v) is 13.5. The molecule has 65 heavy (non-hydrogen) atoms. The van der Waals surface area contributed by atoms with Gasteiger partial charge in [0.05, 0.1) is 53.0 Å². The molecule has 2 aromatic carbocycles. The van der Waals surface area contributed by atoms with Crippen molar-refractivity contribution in [2.45, 2.75) is 150 Å². The van der Waals surface area contributed by atoms with E-state index in [1.54, 1.807) is 46.8 Å². The summed E-state index contributed by atoms with van der Waals surface area (Å²) < 4.78 is 23.8. The van der Waals surface area contributed by atoms with E-state index in [0.29, 0.717) is 13.1 Å². The zero-order valence-electron chi connectivity index (χ0n) is 39.6. The number of ketones is 1. The van der Waals surface area contributed by atoms with Crippen molar-refractivity contribution in [1.82, 2.24) is 5.01 Å². The maximum absolute atomic E-state index is 14.6. The van der Waals surface area contributed by atoms with Gasteiger partial charge >= 0.3 is 11.8 Å². The number of carbonyl (C=O) groups is 3. The van der Waals surface area contributed by atoms with Crippen molar-refractivity contribution in [2.24, 2.45) is 28.8 Å². The second kappa shape index (κ2) is 22.4. The number of aromatic hydroxyl groups is 3. The van der Waals surface area contributed by atoms with Gasteiger partial charge in [0, 0.05) is 74.2 Å². The Morgan fingerprint density at radius 2 is 1.45 bits per heavy atom. The molecule has 15 nitrogen and oxygen atoms in total. The number of anilines is 1. The molecule has 5 bridgehead atoms. The van der Waals surface area contributed by atoms with E-state index in [1.165, 1.54) is 78.2 Å². The van der Waals surface area contributed by atoms with Gasteiger partial charge in [-0.25, -0.2) is 0 Å². The summed E-state index contributed by atoms with van der Waals surface area (Å²) in [7, 11) is 1.45. The second-order valence-corrected chi connectivity index (χ2v) is 18.4. The highest BCUT2D eigenvalue weighted by atomic mass is 16.7. The van der Waals surface area contributed by atoms with Gasteiger partial charge in [0.1, 0.15) is 23.4 Å². The van der Waals surface area contributed by atoms with Gasteiger partial charge in [-0.1, -0.05) is 97.3 Å². The van der Waals surface area contributed by atoms with Crippen molar-refractivity contribution in [2.75, 3.05) is 25.5 Å². The Bertz CT molecular complexity index is 2150. The Labute approximate surface area is 383 Å². The molecular formula is C50H71N3O12. The fourth-order valence-electron chi connectivity index (χ4n) is 9.24. The SMILES string of the molecule is COC1/C=C/OC2(C)Oc3c(C)c(O)c4c(O)c(c(/C=N/N5CCCCCCCCCCCC5)c(O)c4c3C2=O)NC(=O)/C(C)=C\C=C\C(C)C(O)C(C)C(O)C(C)C(OC(C)=O)C1C. The van der Waals surface area contributed by atoms with Crippen LogP contribution in [0.2, 0.25) is 0 Å². The molecule has 0 radical (unpaired) electrons. The summed E-state index contributed by atoms with van der Waals surface area (Å²) in [5.74, 6) is -8.24. The van der Waals surface area contributed by atoms with Gasteiger partial charge in [-0.05, 0) is 32.8 Å². The zero-order valence-corrected chi connectivity index (χ0v) is 39.6. The van der Waals surface area contributed by atoms with Crippen molar-refractivity contribution < 1.29 is 58.9 Å². The van der Waals surface area contributed by atoms with E-state index in [9.17, 15) is 39.9 Å². The third kappa shape index (κ3) is 11.5. The lowest BCUT2D eigenvalue weighted by Gasteiger charge is -2.38. The maximum Gasteiger partial charge on any atom is 0.312 e. The average Bonchev–Trinajstić information content (AvgIpc) is 3.55. The molecule has 6 rings (SSSR count). The van der Waals surface area contributed by atoms with Gasteiger partial charge in [0.25, 0.3) is 11.7 Å². The fourth-order valence-corrected chi connectivity index (χ4v) is 9.24. The van der Waals surface area contributed by atoms with E-state index in [1.807, 2.05) is 5.01 Å². The molecular weight excluding hydrogens is 835 g/mol. The number of phenols is 3. The van der Waals surface area contributed by atoms with E-state index < -0.39 is 88.8 Å². The molecule has 1 amide bonds. The molecule has 15 heteroatoms. The molecule has 9 unspecified atom stereocenters. The average molecular weight is 906 g/mol. The Kier molecular flexibility index (Phi) is 17.5. The fraction of sp³-hybridized carbons (Fsp3) is 0.600. The number of esters is 1. The molecule has 0 aromatic heterocycles. The van der Waals surface area contributed by atoms with Crippen LogP contribution in [0.3, 0.4) is 0 Å². The van der Waals surface area contributed by atoms with Crippen molar-refractivity contribution in [3.8, 4) is 23.0 Å². The number of hydrogen-bond acceptors (Lipinski definition) is 14. The number of hydrazone groups is 1. The van der Waals surface area contributed by atoms with Crippen molar-refractivity contribution in [3.05, 3.63) is 52.8 Å². The quantitative estimate of drug-likeness (QED) is 0.0738. The number of rotatable bonds is 4. The summed E-state index contributed by atoms with van der Waals surface area (Å²) in [5.41, 5.74) is -0.252. The van der Waals surface area contributed by atoms with Crippen LogP contribution in [-0.2, 0) is 23.8 Å². The number of aliphatic hydroxyl groups is 2. The first-order valence-corrected chi connectivity index (χ1v) is 23.2. The summed E-state index contributed by atoms with van der Waals surface area (Å²) >= 11 is 0. The van der Waals surface area contributed by atoms with Gasteiger partial charge in [-0.3, -0.25) is 19.4 Å². The molecule has 0 aliphatic carbocycles. The molecule has 9 atom stereocenters. The van der Waals surface area contributed by atoms with E-state index in [-0.39, 0.29) is 44.5 Å². The lowest BCUT2D eigenvalue weighted by molar-refractivity contribution is -0.160. The highest BCUT2D eigenvalue weighted by Crippen LogP contribution is 2.55. The molecule has 1 fully saturated rings. The standard InChI is InChI=1S/C50H71N3O12/c1-28-21-20-22-29(2)49(61)52-40-35(27-51-53-24-18-16-14-12-10-11-13-15-17-19-25-53)44(58)37-38(45(40)59)43(57)33(6)47-39(37)48(60)50(8,65-47)63-26-23-36(62-9)30(3)46(64-34(7)54)32(5)42(56)31(4)41(28)55/h20-23,26-28,30-32,36,41-42,46,55-59H,10-19,24-25H2,1-9H3,(H,52,61)/b21-20+,26-23+,29-22-,51-27+. The van der Waals surface area contributed by atoms with Gasteiger partial charge in [-0.2, -0.15) is 5.10 Å². The first-order chi connectivity index (χ1) is 30.8. The summed E-state index contributed by atoms with van der Waals surface area (Å²) in [6.07, 6.45) is 16.0. The van der Waals surface area contributed by atoms with Gasteiger partial charge < -0.3 is 49.8 Å². The Balaban J connectivity index is 1.69. The molecule has 1 saturated heterocycles. The number of Topliss-reactive ketones (excluding diaryl/α,β-unsaturated/α-hetero) is 1. The summed E-state index contributed by atoms with van der Waals surface area (Å²) in [5, 5.41) is 68.1. The molecule has 4 heterocycles. The van der Waals surface area contributed by atoms with Crippen LogP contribution < -0.4 is 10.1 Å². The number of aliphatic hydroxyl groups excluding tert-OH is 2. The number of benzene rings is 2. The zero-order chi connectivity index (χ0) is 47.7. The predicted octanol–water partition coefficient (Wildman–Crippen LogP) is 8.30. The normalized spacial score (nSPS) is 31.2. The molecule has 4 aliphatic rings. The van der Waals surface area contributed by atoms with Crippen LogP contribution >= 0.6 is 0 Å². The lowest BCUT2D eigenvalue weighted by Crippen LogP contribution is -2.46. The van der Waals surface area contributed by atoms with Crippen LogP contribution in [-0.4, -0.2) is 105 Å². The number of ether oxygens (including phenoxy) is 4. The number of hydrogen-bond donors (Lipinski definition) is 6. The second-order valence-electron chi connectivity index (χ2n) is 18.4. The highest BCUT2D eigenvalue weighted by Gasteiger charge is 2.50. The molecule has 4 aliphatic heterocycles. The minimum atomic E-state index is -2.04. The van der Waals surface area contributed by atoms with E-state index in [0.717, 1.165) is 38.5 Å². The van der Waals surface area contributed by atoms with Crippen molar-refractivity contribution >= 4 is 40.3 Å². The highest BCUT2D eigenvalue weighted by molar-refractivity contribution is 6.23. The van der Waals surface area contributed by atoms with E-state index >= 15 is 0 Å². The number of phenolic OH excluding ortho intramolecular Hbond substituents is 3. The summed E-state index contributed by atoms with van der Waals surface area (Å²) in [6, 6.07) is 0. The molecule has 0 spiro atoms. The molecule has 358 valence electrons. The number of allylic oxidation sites excluding steroid dienone is 2. The van der Waals surface area contributed by atoms with E-state index in [4.69, 9.17) is 24.0 Å². The van der Waals surface area contributed by atoms with Crippen molar-refractivity contribution in [1.29, 1.82) is 0 Å². The van der Waals surface area contributed by atoms with Crippen LogP contribution in [0.4, 0.5) is 5.69 Å². The van der Waals surface area contributed by atoms with Gasteiger partial charge in [0.2, 0.25) is 0 Å². The van der Waals surface area contributed by atoms with Crippen LogP contribution in [0, 0.1) is 30.6 Å². The minimum Gasteiger partial charge on any atom is -0.507 e. The number of carbonyl (C=O) groups excluding carboxylic acids is 3. The minimum absolute atomic E-state index is 0.0677. The topological polar surface area (TPSA) is 217 Å². The van der Waals surface area contributed by atoms with Crippen molar-refractivity contribution in [3.63, 3.8) is 0 Å². The Morgan fingerprint density at radius 1 is 0.846 bits per heavy atom. The molecule has 0 saturated carbocycles. The van der Waals surface area contributed by atoms with E-state index in [2.05, 4.69) is 5.32 Å². The third-order valence-electron chi connectivity index (χ3n) is 13.5. The Morgan fingerprint density at radius 3 is 2.03 bits per heavy atom. The monoisotopic (exact) mass is 906 g/mol. The number of methoxy groups -OCH3 is 1. The molecule has 6 N–H and O–H groups in total. The largest absolute Gasteiger partial charge is 0.507 e. The van der Waals surface area contributed by atoms with Crippen LogP contribution in [0.5, 0.6) is 23.0 Å². The smallest absolute Gasteiger partial charge is 0.312 e. The first kappa shape index (κ1) is 50.9. The predicted molar refractivity (Wildman–Crippen MR) is 249 cm³/mol. The summed E-state index contributed by atoms with van der Waals surface area (Å²) in [6.45, 7) is 13.9. The lowest BCUT2D eigenvalue weighted by atomic mass is 9.78. The number of amides is 1. The molecule has 2 aromatic rings. The van der Waals surface area contributed by atoms with Crippen LogP contribution in [0.25, 0.3) is 10.8 Å². The maximum atomic E-state index is 14.6. The number of nitrogens with zero attached hydrogens (tertiary/aromatic N) is 2. The number of fused-ring (bicyclic) bond motifs is 14. The summed E-state index contributed by atoms with van der Waals surface area (Å²) in [4.78, 5) is 41.0. The number of nitrogens with one attached hydrogen (secondary N) is 1. The van der Waals surface area contributed by atoms with Gasteiger partial charge in [-0.15, -0.1) is 0 Å².